The number of carbonyl (C=O) groups is 2. The summed E-state index contributed by atoms with van der Waals surface area (Å²) in [6.07, 6.45) is 0.147. The molecular formula is C20H18N2O3S. The summed E-state index contributed by atoms with van der Waals surface area (Å²) in [6, 6.07) is 15.0. The number of fused-ring (bicyclic) bond motifs is 1. The maximum atomic E-state index is 12.8. The van der Waals surface area contributed by atoms with E-state index in [1.807, 2.05) is 48.5 Å². The quantitative estimate of drug-likeness (QED) is 0.641. The maximum absolute atomic E-state index is 12.8. The molecule has 1 fully saturated rings. The van der Waals surface area contributed by atoms with Crippen LogP contribution in [0.4, 0.5) is 5.69 Å². The third-order valence-electron chi connectivity index (χ3n) is 4.44. The molecule has 1 atom stereocenters. The van der Waals surface area contributed by atoms with Crippen LogP contribution < -0.4 is 4.90 Å². The Morgan fingerprint density at radius 3 is 2.54 bits per heavy atom. The smallest absolute Gasteiger partial charge is 0.257 e. The third kappa shape index (κ3) is 3.01. The Kier molecular flexibility index (Phi) is 4.28. The topological polar surface area (TPSA) is 63.4 Å². The number of para-hydroxylation sites is 2. The van der Waals surface area contributed by atoms with Crippen molar-refractivity contribution in [2.75, 3.05) is 4.90 Å². The molecule has 3 aromatic rings. The number of rotatable bonds is 4. The van der Waals surface area contributed by atoms with Gasteiger partial charge in [0.1, 0.15) is 10.8 Å². The van der Waals surface area contributed by atoms with Gasteiger partial charge in [0.05, 0.1) is 5.69 Å². The number of anilines is 1. The van der Waals surface area contributed by atoms with Crippen molar-refractivity contribution in [1.82, 2.24) is 4.98 Å². The van der Waals surface area contributed by atoms with E-state index in [2.05, 4.69) is 18.8 Å². The lowest BCUT2D eigenvalue weighted by Gasteiger charge is -2.15. The molecule has 2 heterocycles. The molecule has 0 bridgehead atoms. The number of carbonyl (C=O) groups excluding carboxylic acids is 2. The van der Waals surface area contributed by atoms with Crippen molar-refractivity contribution in [3.8, 4) is 0 Å². The van der Waals surface area contributed by atoms with Gasteiger partial charge in [-0.1, -0.05) is 49.9 Å². The highest BCUT2D eigenvalue weighted by molar-refractivity contribution is 8.00. The number of thioether (sulfide) groups is 1. The van der Waals surface area contributed by atoms with Crippen molar-refractivity contribution < 1.29 is 14.0 Å². The number of imide groups is 1. The van der Waals surface area contributed by atoms with Gasteiger partial charge >= 0.3 is 0 Å². The van der Waals surface area contributed by atoms with E-state index in [4.69, 9.17) is 4.42 Å². The van der Waals surface area contributed by atoms with Crippen LogP contribution in [-0.4, -0.2) is 22.0 Å². The Morgan fingerprint density at radius 1 is 1.12 bits per heavy atom. The largest absolute Gasteiger partial charge is 0.431 e. The zero-order valence-corrected chi connectivity index (χ0v) is 15.3. The minimum Gasteiger partial charge on any atom is -0.431 e. The summed E-state index contributed by atoms with van der Waals surface area (Å²) in [5.41, 5.74) is 3.20. The molecule has 26 heavy (non-hydrogen) atoms. The Labute approximate surface area is 155 Å². The van der Waals surface area contributed by atoms with Crippen molar-refractivity contribution in [1.29, 1.82) is 0 Å². The lowest BCUT2D eigenvalue weighted by atomic mass is 10.0. The molecule has 5 nitrogen and oxygen atoms in total. The zero-order valence-electron chi connectivity index (χ0n) is 14.5. The second-order valence-electron chi connectivity index (χ2n) is 6.57. The van der Waals surface area contributed by atoms with Gasteiger partial charge in [-0.25, -0.2) is 9.88 Å². The Bertz CT molecular complexity index is 945. The van der Waals surface area contributed by atoms with Crippen LogP contribution in [-0.2, 0) is 9.59 Å². The molecule has 132 valence electrons. The van der Waals surface area contributed by atoms with E-state index in [0.29, 0.717) is 22.4 Å². The number of oxazole rings is 1. The number of aromatic nitrogens is 1. The van der Waals surface area contributed by atoms with Crippen LogP contribution in [0, 0.1) is 0 Å². The highest BCUT2D eigenvalue weighted by atomic mass is 32.2. The van der Waals surface area contributed by atoms with E-state index in [1.165, 1.54) is 22.2 Å². The molecule has 1 aromatic heterocycles. The van der Waals surface area contributed by atoms with Crippen LogP contribution in [0.25, 0.3) is 11.1 Å². The first kappa shape index (κ1) is 16.8. The summed E-state index contributed by atoms with van der Waals surface area (Å²) >= 11 is 1.21. The zero-order chi connectivity index (χ0) is 18.3. The van der Waals surface area contributed by atoms with E-state index < -0.39 is 5.25 Å². The van der Waals surface area contributed by atoms with E-state index >= 15 is 0 Å². The van der Waals surface area contributed by atoms with Crippen molar-refractivity contribution in [2.45, 2.75) is 36.7 Å². The fourth-order valence-corrected chi connectivity index (χ4v) is 3.96. The van der Waals surface area contributed by atoms with Crippen LogP contribution in [0.15, 0.2) is 58.2 Å². The molecule has 0 radical (unpaired) electrons. The predicted molar refractivity (Wildman–Crippen MR) is 101 cm³/mol. The fraction of sp³-hybridized carbons (Fsp3) is 0.250. The van der Waals surface area contributed by atoms with Gasteiger partial charge in [-0.3, -0.25) is 9.59 Å². The lowest BCUT2D eigenvalue weighted by molar-refractivity contribution is -0.121. The molecule has 1 aliphatic heterocycles. The summed E-state index contributed by atoms with van der Waals surface area (Å²) in [5.74, 6) is -0.0167. The van der Waals surface area contributed by atoms with Crippen molar-refractivity contribution in [3.05, 3.63) is 54.1 Å². The van der Waals surface area contributed by atoms with Gasteiger partial charge in [0.25, 0.3) is 5.22 Å². The number of hydrogen-bond acceptors (Lipinski definition) is 5. The second-order valence-corrected chi connectivity index (χ2v) is 7.73. The van der Waals surface area contributed by atoms with Gasteiger partial charge in [-0.2, -0.15) is 0 Å². The highest BCUT2D eigenvalue weighted by Gasteiger charge is 2.41. The number of amides is 2. The average molecular weight is 366 g/mol. The molecule has 1 aliphatic rings. The molecule has 2 amide bonds. The predicted octanol–water partition coefficient (Wildman–Crippen LogP) is 4.38. The molecule has 2 aromatic carbocycles. The van der Waals surface area contributed by atoms with Crippen LogP contribution in [0.2, 0.25) is 0 Å². The van der Waals surface area contributed by atoms with E-state index in [9.17, 15) is 9.59 Å². The van der Waals surface area contributed by atoms with Crippen LogP contribution >= 0.6 is 11.8 Å². The fourth-order valence-electron chi connectivity index (χ4n) is 3.00. The Hall–Kier alpha value is -2.60. The SMILES string of the molecule is CC(C)c1ccc(N2C(=O)C[C@@H](Sc3nc4ccccc4o3)C2=O)cc1. The van der Waals surface area contributed by atoms with Crippen molar-refractivity contribution in [2.24, 2.45) is 0 Å². The molecule has 0 spiro atoms. The van der Waals surface area contributed by atoms with Gasteiger partial charge in [0.15, 0.2) is 5.58 Å². The minimum absolute atomic E-state index is 0.147. The highest BCUT2D eigenvalue weighted by Crippen LogP contribution is 2.35. The summed E-state index contributed by atoms with van der Waals surface area (Å²) in [7, 11) is 0. The standard InChI is InChI=1S/C20H18N2O3S/c1-12(2)13-7-9-14(10-8-13)22-18(23)11-17(19(22)24)26-20-21-15-5-3-4-6-16(15)25-20/h3-10,12,17H,11H2,1-2H3/t17-/m1/s1. The molecular weight excluding hydrogens is 348 g/mol. The van der Waals surface area contributed by atoms with Crippen LogP contribution in [0.1, 0.15) is 31.7 Å². The molecule has 6 heteroatoms. The van der Waals surface area contributed by atoms with Gasteiger partial charge in [-0.05, 0) is 35.7 Å². The third-order valence-corrected chi connectivity index (χ3v) is 5.47. The lowest BCUT2D eigenvalue weighted by Crippen LogP contribution is -2.31. The monoisotopic (exact) mass is 366 g/mol. The summed E-state index contributed by atoms with van der Waals surface area (Å²) in [5, 5.41) is -0.102. The molecule has 0 unspecified atom stereocenters. The van der Waals surface area contributed by atoms with E-state index in [1.54, 1.807) is 0 Å². The number of benzene rings is 2. The van der Waals surface area contributed by atoms with Crippen LogP contribution in [0.5, 0.6) is 0 Å². The Balaban J connectivity index is 1.54. The first-order chi connectivity index (χ1) is 12.5. The molecule has 4 rings (SSSR count). The first-order valence-electron chi connectivity index (χ1n) is 8.52. The normalized spacial score (nSPS) is 17.7. The maximum Gasteiger partial charge on any atom is 0.257 e. The molecule has 1 saturated heterocycles. The number of hydrogen-bond donors (Lipinski definition) is 0. The molecule has 0 N–H and O–H groups in total. The molecule has 0 saturated carbocycles. The minimum atomic E-state index is -0.514. The van der Waals surface area contributed by atoms with Crippen LogP contribution in [0.3, 0.4) is 0 Å². The van der Waals surface area contributed by atoms with Crippen molar-refractivity contribution >= 4 is 40.4 Å². The second kappa shape index (κ2) is 6.61. The molecule has 0 aliphatic carbocycles. The van der Waals surface area contributed by atoms with Crippen molar-refractivity contribution in [3.63, 3.8) is 0 Å². The van der Waals surface area contributed by atoms with Gasteiger partial charge in [-0.15, -0.1) is 0 Å². The van der Waals surface area contributed by atoms with E-state index in [0.717, 1.165) is 5.52 Å². The number of nitrogens with zero attached hydrogens (tertiary/aromatic N) is 2. The van der Waals surface area contributed by atoms with Gasteiger partial charge < -0.3 is 4.42 Å². The first-order valence-corrected chi connectivity index (χ1v) is 9.40. The Morgan fingerprint density at radius 2 is 1.85 bits per heavy atom. The van der Waals surface area contributed by atoms with Gasteiger partial charge in [0.2, 0.25) is 11.8 Å². The average Bonchev–Trinajstić information content (AvgIpc) is 3.15. The van der Waals surface area contributed by atoms with E-state index in [-0.39, 0.29) is 18.2 Å². The van der Waals surface area contributed by atoms with Gasteiger partial charge in [0, 0.05) is 6.42 Å². The summed E-state index contributed by atoms with van der Waals surface area (Å²) < 4.78 is 5.67. The summed E-state index contributed by atoms with van der Waals surface area (Å²) in [4.78, 5) is 30.8. The summed E-state index contributed by atoms with van der Waals surface area (Å²) in [6.45, 7) is 4.21.